The molecule has 0 radical (unpaired) electrons. The molecular weight excluding hydrogens is 102 g/mol. The number of hydrogen-bond donors (Lipinski definition) is 0. The number of isocyanates is 1. The molecule has 0 rings (SSSR count). The van der Waals surface area contributed by atoms with Crippen molar-refractivity contribution in [1.29, 1.82) is 0 Å². The van der Waals surface area contributed by atoms with Crippen molar-refractivity contribution in [2.45, 2.75) is 32.7 Å². The Morgan fingerprint density at radius 3 is 2.25 bits per heavy atom. The lowest BCUT2D eigenvalue weighted by atomic mass is 10.0. The highest BCUT2D eigenvalue weighted by molar-refractivity contribution is 5.34. The number of aliphatic imine (C=N–C) groups is 1. The van der Waals surface area contributed by atoms with Gasteiger partial charge < -0.3 is 0 Å². The van der Waals surface area contributed by atoms with E-state index < -0.39 is 0 Å². The van der Waals surface area contributed by atoms with Gasteiger partial charge in [-0.25, -0.2) is 4.79 Å². The molecule has 0 aromatic carbocycles. The molecule has 0 aromatic heterocycles. The Balaban J connectivity index is 3.90. The summed E-state index contributed by atoms with van der Waals surface area (Å²) in [7, 11) is 0. The maximum absolute atomic E-state index is 9.69. The summed E-state index contributed by atoms with van der Waals surface area (Å²) in [6.45, 7) is 5.79. The van der Waals surface area contributed by atoms with Crippen LogP contribution in [0.1, 0.15) is 27.2 Å². The minimum atomic E-state index is -0.207. The first-order chi connectivity index (χ1) is 3.62. The van der Waals surface area contributed by atoms with E-state index in [1.54, 1.807) is 0 Å². The van der Waals surface area contributed by atoms with Gasteiger partial charge in [-0.15, -0.1) is 0 Å². The van der Waals surface area contributed by atoms with Gasteiger partial charge in [0.25, 0.3) is 0 Å². The van der Waals surface area contributed by atoms with E-state index >= 15 is 0 Å². The SMILES string of the molecule is CCC(C)(C)N=C=O. The Morgan fingerprint density at radius 1 is 1.62 bits per heavy atom. The van der Waals surface area contributed by atoms with Crippen LogP contribution in [0.4, 0.5) is 0 Å². The molecule has 2 nitrogen and oxygen atoms in total. The third-order valence-corrected chi connectivity index (χ3v) is 1.21. The van der Waals surface area contributed by atoms with Crippen molar-refractivity contribution in [3.63, 3.8) is 0 Å². The third-order valence-electron chi connectivity index (χ3n) is 1.21. The zero-order chi connectivity index (χ0) is 6.62. The first-order valence-corrected chi connectivity index (χ1v) is 2.71. The summed E-state index contributed by atoms with van der Waals surface area (Å²) >= 11 is 0. The van der Waals surface area contributed by atoms with Crippen molar-refractivity contribution in [2.24, 2.45) is 4.99 Å². The van der Waals surface area contributed by atoms with Gasteiger partial charge in [-0.2, -0.15) is 4.99 Å². The van der Waals surface area contributed by atoms with Gasteiger partial charge in [0.2, 0.25) is 6.08 Å². The minimum Gasteiger partial charge on any atom is -0.211 e. The normalized spacial score (nSPS) is 10.4. The van der Waals surface area contributed by atoms with Gasteiger partial charge in [-0.1, -0.05) is 6.92 Å². The van der Waals surface area contributed by atoms with Crippen molar-refractivity contribution in [1.82, 2.24) is 0 Å². The van der Waals surface area contributed by atoms with Crippen LogP contribution in [0.15, 0.2) is 4.99 Å². The van der Waals surface area contributed by atoms with Gasteiger partial charge >= 0.3 is 0 Å². The maximum Gasteiger partial charge on any atom is 0.235 e. The molecule has 0 saturated heterocycles. The highest BCUT2D eigenvalue weighted by atomic mass is 16.1. The Kier molecular flexibility index (Phi) is 2.43. The summed E-state index contributed by atoms with van der Waals surface area (Å²) in [5, 5.41) is 0. The third kappa shape index (κ3) is 2.54. The van der Waals surface area contributed by atoms with Crippen LogP contribution in [-0.4, -0.2) is 11.6 Å². The summed E-state index contributed by atoms with van der Waals surface area (Å²) in [5.41, 5.74) is -0.207. The van der Waals surface area contributed by atoms with Gasteiger partial charge in [0.1, 0.15) is 0 Å². The number of nitrogens with zero attached hydrogens (tertiary/aromatic N) is 1. The fraction of sp³-hybridized carbons (Fsp3) is 0.833. The second-order valence-electron chi connectivity index (χ2n) is 2.37. The topological polar surface area (TPSA) is 29.4 Å². The Morgan fingerprint density at radius 2 is 2.12 bits per heavy atom. The molecule has 0 aliphatic heterocycles. The lowest BCUT2D eigenvalue weighted by Crippen LogP contribution is -2.13. The molecule has 0 N–H and O–H groups in total. The molecule has 0 saturated carbocycles. The minimum absolute atomic E-state index is 0.207. The highest BCUT2D eigenvalue weighted by Gasteiger charge is 2.10. The number of hydrogen-bond acceptors (Lipinski definition) is 2. The summed E-state index contributed by atoms with van der Waals surface area (Å²) in [4.78, 5) is 13.3. The zero-order valence-electron chi connectivity index (χ0n) is 5.56. The molecule has 0 aliphatic rings. The first kappa shape index (κ1) is 7.38. The van der Waals surface area contributed by atoms with Crippen LogP contribution in [0.2, 0.25) is 0 Å². The van der Waals surface area contributed by atoms with Crippen LogP contribution >= 0.6 is 0 Å². The molecule has 2 heteroatoms. The van der Waals surface area contributed by atoms with Crippen LogP contribution in [0, 0.1) is 0 Å². The Hall–Kier alpha value is -0.620. The molecule has 0 unspecified atom stereocenters. The molecule has 0 fully saturated rings. The molecule has 0 aliphatic carbocycles. The second-order valence-corrected chi connectivity index (χ2v) is 2.37. The average molecular weight is 113 g/mol. The molecule has 0 heterocycles. The van der Waals surface area contributed by atoms with Gasteiger partial charge in [0, 0.05) is 0 Å². The highest BCUT2D eigenvalue weighted by Crippen LogP contribution is 2.10. The van der Waals surface area contributed by atoms with Crippen molar-refractivity contribution in [3.8, 4) is 0 Å². The Labute approximate surface area is 49.6 Å². The summed E-state index contributed by atoms with van der Waals surface area (Å²) in [5.74, 6) is 0. The van der Waals surface area contributed by atoms with E-state index in [1.807, 2.05) is 20.8 Å². The quantitative estimate of drug-likeness (QED) is 0.394. The Bertz CT molecular complexity index is 112. The van der Waals surface area contributed by atoms with E-state index in [4.69, 9.17) is 0 Å². The predicted molar refractivity (Wildman–Crippen MR) is 32.5 cm³/mol. The molecule has 0 amide bonds. The van der Waals surface area contributed by atoms with Crippen LogP contribution in [0.5, 0.6) is 0 Å². The van der Waals surface area contributed by atoms with E-state index in [-0.39, 0.29) is 5.54 Å². The summed E-state index contributed by atoms with van der Waals surface area (Å²) < 4.78 is 0. The first-order valence-electron chi connectivity index (χ1n) is 2.71. The van der Waals surface area contributed by atoms with E-state index in [0.717, 1.165) is 6.42 Å². The number of rotatable bonds is 2. The fourth-order valence-corrected chi connectivity index (χ4v) is 0.203. The molecule has 0 atom stereocenters. The van der Waals surface area contributed by atoms with Crippen LogP contribution in [0.3, 0.4) is 0 Å². The smallest absolute Gasteiger partial charge is 0.211 e. The largest absolute Gasteiger partial charge is 0.235 e. The lowest BCUT2D eigenvalue weighted by molar-refractivity contribution is 0.490. The van der Waals surface area contributed by atoms with Gasteiger partial charge in [0.05, 0.1) is 5.54 Å². The molecule has 8 heavy (non-hydrogen) atoms. The van der Waals surface area contributed by atoms with Crippen molar-refractivity contribution in [2.75, 3.05) is 0 Å². The van der Waals surface area contributed by atoms with Gasteiger partial charge in [-0.05, 0) is 20.3 Å². The monoisotopic (exact) mass is 113 g/mol. The van der Waals surface area contributed by atoms with E-state index in [0.29, 0.717) is 0 Å². The van der Waals surface area contributed by atoms with Gasteiger partial charge in [-0.3, -0.25) is 0 Å². The van der Waals surface area contributed by atoms with Crippen LogP contribution in [0.25, 0.3) is 0 Å². The average Bonchev–Trinajstić information content (AvgIpc) is 1.67. The van der Waals surface area contributed by atoms with Crippen LogP contribution < -0.4 is 0 Å². The van der Waals surface area contributed by atoms with E-state index in [1.165, 1.54) is 6.08 Å². The molecule has 0 aromatic rings. The van der Waals surface area contributed by atoms with Crippen LogP contribution in [-0.2, 0) is 4.79 Å². The lowest BCUT2D eigenvalue weighted by Gasteiger charge is -2.12. The predicted octanol–water partition coefficient (Wildman–Crippen LogP) is 1.51. The fourth-order valence-electron chi connectivity index (χ4n) is 0.203. The standard InChI is InChI=1S/C6H11NO/c1-4-6(2,3)7-5-8/h4H2,1-3H3. The van der Waals surface area contributed by atoms with Crippen molar-refractivity contribution >= 4 is 6.08 Å². The second kappa shape index (κ2) is 2.63. The maximum atomic E-state index is 9.69. The van der Waals surface area contributed by atoms with E-state index in [2.05, 4.69) is 4.99 Å². The zero-order valence-corrected chi connectivity index (χ0v) is 5.56. The van der Waals surface area contributed by atoms with E-state index in [9.17, 15) is 4.79 Å². The van der Waals surface area contributed by atoms with Gasteiger partial charge in [0.15, 0.2) is 0 Å². The van der Waals surface area contributed by atoms with Crippen molar-refractivity contribution < 1.29 is 4.79 Å². The number of carbonyl (C=O) groups excluding carboxylic acids is 1. The van der Waals surface area contributed by atoms with Crippen molar-refractivity contribution in [3.05, 3.63) is 0 Å². The molecule has 46 valence electrons. The summed E-state index contributed by atoms with van der Waals surface area (Å²) in [6, 6.07) is 0. The molecular formula is C6H11NO. The summed E-state index contributed by atoms with van der Waals surface area (Å²) in [6.07, 6.45) is 2.41. The molecule has 0 spiro atoms. The molecule has 0 bridgehead atoms.